The van der Waals surface area contributed by atoms with Crippen molar-refractivity contribution >= 4 is 5.95 Å². The molecule has 0 bridgehead atoms. The van der Waals surface area contributed by atoms with Crippen molar-refractivity contribution in [3.63, 3.8) is 0 Å². The molecule has 32 heavy (non-hydrogen) atoms. The van der Waals surface area contributed by atoms with Crippen molar-refractivity contribution in [3.8, 4) is 22.7 Å². The topological polar surface area (TPSA) is 129 Å². The number of nitrogens with zero attached hydrogens (tertiary/aromatic N) is 6. The lowest BCUT2D eigenvalue weighted by Crippen LogP contribution is -2.36. The van der Waals surface area contributed by atoms with Gasteiger partial charge in [-0.2, -0.15) is 4.98 Å². The largest absolute Gasteiger partial charge is 0.389 e. The third-order valence-corrected chi connectivity index (χ3v) is 5.93. The molecule has 9 nitrogen and oxygen atoms in total. The maximum absolute atomic E-state index is 10.0. The number of aromatic nitrogens is 6. The van der Waals surface area contributed by atoms with Gasteiger partial charge in [0.2, 0.25) is 5.95 Å². The minimum Gasteiger partial charge on any atom is -0.389 e. The number of anilines is 1. The van der Waals surface area contributed by atoms with Gasteiger partial charge in [-0.3, -0.25) is 0 Å². The van der Waals surface area contributed by atoms with Crippen LogP contribution in [-0.4, -0.2) is 40.4 Å². The highest BCUT2D eigenvalue weighted by Gasteiger charge is 2.44. The molecular formula is C23H25N7O2. The highest BCUT2D eigenvalue weighted by molar-refractivity contribution is 5.63. The van der Waals surface area contributed by atoms with Gasteiger partial charge in [-0.15, -0.1) is 0 Å². The van der Waals surface area contributed by atoms with E-state index >= 15 is 0 Å². The number of benzene rings is 1. The average Bonchev–Trinajstić information content (AvgIpc) is 3.37. The van der Waals surface area contributed by atoms with Crippen LogP contribution in [0.25, 0.3) is 22.7 Å². The molecule has 1 saturated carbocycles. The van der Waals surface area contributed by atoms with Crippen molar-refractivity contribution in [2.45, 2.75) is 50.7 Å². The lowest BCUT2D eigenvalue weighted by Gasteiger charge is -2.39. The normalized spacial score (nSPS) is 15.5. The molecule has 0 amide bonds. The molecule has 1 aromatic carbocycles. The molecule has 1 aliphatic carbocycles. The van der Waals surface area contributed by atoms with Crippen LogP contribution in [0, 0.1) is 0 Å². The van der Waals surface area contributed by atoms with E-state index in [0.717, 1.165) is 36.0 Å². The standard InChI is InChI=1S/C23H25N7O2/c1-22(2,31)13-30-12-18(27-14-30)19-28-20(29-32-19)23(8-3-9-23)17-6-4-15(5-7-17)16-10-25-21(24)26-11-16/h4-7,10-12,14,31H,3,8-9,13H2,1-2H3,(H2,24,25,26). The molecule has 3 aromatic heterocycles. The van der Waals surface area contributed by atoms with Crippen molar-refractivity contribution < 1.29 is 9.63 Å². The minimum atomic E-state index is -0.835. The van der Waals surface area contributed by atoms with Crippen LogP contribution in [0.2, 0.25) is 0 Å². The van der Waals surface area contributed by atoms with E-state index < -0.39 is 5.60 Å². The number of aliphatic hydroxyl groups is 1. The number of nitrogens with two attached hydrogens (primary N) is 1. The fourth-order valence-electron chi connectivity index (χ4n) is 4.17. The predicted octanol–water partition coefficient (Wildman–Crippen LogP) is 3.21. The van der Waals surface area contributed by atoms with Crippen molar-refractivity contribution in [1.82, 2.24) is 29.7 Å². The second-order valence-electron chi connectivity index (χ2n) is 9.01. The Morgan fingerprint density at radius 1 is 1.09 bits per heavy atom. The van der Waals surface area contributed by atoms with Gasteiger partial charge in [0.1, 0.15) is 5.69 Å². The van der Waals surface area contributed by atoms with Crippen molar-refractivity contribution in [2.75, 3.05) is 5.73 Å². The van der Waals surface area contributed by atoms with E-state index in [1.807, 2.05) is 10.8 Å². The van der Waals surface area contributed by atoms with E-state index in [4.69, 9.17) is 15.2 Å². The van der Waals surface area contributed by atoms with Gasteiger partial charge >= 0.3 is 0 Å². The number of nitrogen functional groups attached to an aromatic ring is 1. The summed E-state index contributed by atoms with van der Waals surface area (Å²) in [4.78, 5) is 17.2. The summed E-state index contributed by atoms with van der Waals surface area (Å²) in [6.45, 7) is 3.93. The summed E-state index contributed by atoms with van der Waals surface area (Å²) in [5.74, 6) is 1.33. The van der Waals surface area contributed by atoms with Gasteiger partial charge in [0.05, 0.1) is 23.9 Å². The summed E-state index contributed by atoms with van der Waals surface area (Å²) >= 11 is 0. The van der Waals surface area contributed by atoms with Crippen LogP contribution < -0.4 is 5.73 Å². The molecule has 3 heterocycles. The van der Waals surface area contributed by atoms with Crippen LogP contribution in [-0.2, 0) is 12.0 Å². The molecule has 3 N–H and O–H groups in total. The van der Waals surface area contributed by atoms with Gasteiger partial charge < -0.3 is 19.9 Å². The third kappa shape index (κ3) is 3.75. The first-order valence-electron chi connectivity index (χ1n) is 10.6. The monoisotopic (exact) mass is 431 g/mol. The Balaban J connectivity index is 1.40. The van der Waals surface area contributed by atoms with Crippen molar-refractivity contribution in [2.24, 2.45) is 0 Å². The Bertz CT molecular complexity index is 1220. The molecule has 1 fully saturated rings. The van der Waals surface area contributed by atoms with Gasteiger partial charge in [0.15, 0.2) is 5.82 Å². The Labute approximate surface area is 185 Å². The molecule has 4 aromatic rings. The van der Waals surface area contributed by atoms with Crippen LogP contribution in [0.3, 0.4) is 0 Å². The van der Waals surface area contributed by atoms with Crippen LogP contribution in [0.1, 0.15) is 44.5 Å². The summed E-state index contributed by atoms with van der Waals surface area (Å²) < 4.78 is 7.39. The second kappa shape index (κ2) is 7.52. The Morgan fingerprint density at radius 3 is 2.44 bits per heavy atom. The Kier molecular flexibility index (Phi) is 4.78. The molecule has 164 valence electrons. The second-order valence-corrected chi connectivity index (χ2v) is 9.01. The molecule has 1 aliphatic rings. The van der Waals surface area contributed by atoms with Crippen molar-refractivity contribution in [1.29, 1.82) is 0 Å². The first-order chi connectivity index (χ1) is 15.3. The summed E-state index contributed by atoms with van der Waals surface area (Å²) in [6.07, 6.45) is 9.95. The number of rotatable bonds is 6. The Morgan fingerprint density at radius 2 is 1.81 bits per heavy atom. The SMILES string of the molecule is CC(C)(O)Cn1cnc(-c2nc(C3(c4ccc(-c5cnc(N)nc5)cc4)CCC3)no2)c1. The lowest BCUT2D eigenvalue weighted by molar-refractivity contribution is 0.0615. The molecular weight excluding hydrogens is 406 g/mol. The third-order valence-electron chi connectivity index (χ3n) is 5.93. The van der Waals surface area contributed by atoms with E-state index in [1.165, 1.54) is 0 Å². The Hall–Kier alpha value is -3.59. The summed E-state index contributed by atoms with van der Waals surface area (Å²) in [7, 11) is 0. The molecule has 0 unspecified atom stereocenters. The lowest BCUT2D eigenvalue weighted by atomic mass is 9.64. The van der Waals surface area contributed by atoms with E-state index in [2.05, 4.69) is 44.4 Å². The first-order valence-corrected chi connectivity index (χ1v) is 10.6. The zero-order chi connectivity index (χ0) is 22.3. The van der Waals surface area contributed by atoms with E-state index in [0.29, 0.717) is 24.0 Å². The first kappa shape index (κ1) is 20.3. The number of imidazole rings is 1. The maximum atomic E-state index is 10.0. The average molecular weight is 432 g/mol. The fourth-order valence-corrected chi connectivity index (χ4v) is 4.17. The van der Waals surface area contributed by atoms with E-state index in [1.54, 1.807) is 32.6 Å². The molecule has 9 heteroatoms. The van der Waals surface area contributed by atoms with Crippen LogP contribution in [0.5, 0.6) is 0 Å². The number of hydrogen-bond donors (Lipinski definition) is 2. The highest BCUT2D eigenvalue weighted by atomic mass is 16.5. The molecule has 0 radical (unpaired) electrons. The highest BCUT2D eigenvalue weighted by Crippen LogP contribution is 2.48. The zero-order valence-corrected chi connectivity index (χ0v) is 18.1. The van der Waals surface area contributed by atoms with Gasteiger partial charge in [-0.1, -0.05) is 35.8 Å². The number of hydrogen-bond acceptors (Lipinski definition) is 8. The van der Waals surface area contributed by atoms with Gasteiger partial charge in [0, 0.05) is 24.2 Å². The molecule has 5 rings (SSSR count). The van der Waals surface area contributed by atoms with E-state index in [9.17, 15) is 5.11 Å². The summed E-state index contributed by atoms with van der Waals surface area (Å²) in [5.41, 5.74) is 8.19. The van der Waals surface area contributed by atoms with Crippen LogP contribution >= 0.6 is 0 Å². The van der Waals surface area contributed by atoms with E-state index in [-0.39, 0.29) is 11.4 Å². The van der Waals surface area contributed by atoms with Gasteiger partial charge in [-0.25, -0.2) is 15.0 Å². The fraction of sp³-hybridized carbons (Fsp3) is 0.348. The minimum absolute atomic E-state index is 0.256. The van der Waals surface area contributed by atoms with Crippen LogP contribution in [0.4, 0.5) is 5.95 Å². The molecule has 0 saturated heterocycles. The smallest absolute Gasteiger partial charge is 0.278 e. The van der Waals surface area contributed by atoms with Gasteiger partial charge in [-0.05, 0) is 37.8 Å². The zero-order valence-electron chi connectivity index (χ0n) is 18.1. The quantitative estimate of drug-likeness (QED) is 0.476. The maximum Gasteiger partial charge on any atom is 0.278 e. The van der Waals surface area contributed by atoms with Gasteiger partial charge in [0.25, 0.3) is 5.89 Å². The van der Waals surface area contributed by atoms with Crippen LogP contribution in [0.15, 0.2) is 53.7 Å². The van der Waals surface area contributed by atoms with Crippen molar-refractivity contribution in [3.05, 3.63) is 60.6 Å². The molecule has 0 aliphatic heterocycles. The predicted molar refractivity (Wildman–Crippen MR) is 118 cm³/mol. The summed E-state index contributed by atoms with van der Waals surface area (Å²) in [6, 6.07) is 8.34. The molecule has 0 atom stereocenters. The molecule has 0 spiro atoms. The summed E-state index contributed by atoms with van der Waals surface area (Å²) in [5, 5.41) is 14.3.